The minimum Gasteiger partial charge on any atom is -0.459 e. The number of rotatable bonds is 4. The van der Waals surface area contributed by atoms with Gasteiger partial charge >= 0.3 is 0 Å². The number of furan rings is 1. The molecule has 2 aromatic heterocycles. The quantitative estimate of drug-likeness (QED) is 0.550. The number of nitrogens with zero attached hydrogens (tertiary/aromatic N) is 4. The SMILES string of the molecule is Cc1ccc(-c2cc(C(=O)N3CCN(C(=O)c4ccco4)CC3)nn2C2CCS(=O)(=O)C2)cc1C. The number of carbonyl (C=O) groups excluding carboxylic acids is 2. The van der Waals surface area contributed by atoms with E-state index in [0.717, 1.165) is 22.4 Å². The summed E-state index contributed by atoms with van der Waals surface area (Å²) in [7, 11) is -3.12. The fourth-order valence-corrected chi connectivity index (χ4v) is 6.38. The smallest absolute Gasteiger partial charge is 0.289 e. The maximum atomic E-state index is 13.4. The zero-order valence-corrected chi connectivity index (χ0v) is 20.6. The molecule has 0 spiro atoms. The molecule has 1 atom stereocenters. The van der Waals surface area contributed by atoms with Crippen molar-refractivity contribution in [3.8, 4) is 11.3 Å². The Morgan fingerprint density at radius 1 is 0.971 bits per heavy atom. The molecule has 0 saturated carbocycles. The highest BCUT2D eigenvalue weighted by Gasteiger charge is 2.33. The van der Waals surface area contributed by atoms with Crippen molar-refractivity contribution in [3.05, 3.63) is 65.2 Å². The zero-order chi connectivity index (χ0) is 24.7. The number of piperazine rings is 1. The van der Waals surface area contributed by atoms with Gasteiger partial charge in [-0.3, -0.25) is 14.3 Å². The third-order valence-corrected chi connectivity index (χ3v) is 8.65. The van der Waals surface area contributed by atoms with Crippen LogP contribution in [0.1, 0.15) is 44.6 Å². The number of sulfone groups is 1. The molecule has 2 amide bonds. The van der Waals surface area contributed by atoms with Crippen LogP contribution in [0.3, 0.4) is 0 Å². The molecular weight excluding hydrogens is 468 g/mol. The van der Waals surface area contributed by atoms with Crippen LogP contribution in [-0.2, 0) is 9.84 Å². The normalized spacial score (nSPS) is 19.8. The van der Waals surface area contributed by atoms with Crippen LogP contribution < -0.4 is 0 Å². The van der Waals surface area contributed by atoms with E-state index in [-0.39, 0.29) is 40.8 Å². The molecule has 35 heavy (non-hydrogen) atoms. The number of carbonyl (C=O) groups is 2. The van der Waals surface area contributed by atoms with E-state index in [4.69, 9.17) is 4.42 Å². The summed E-state index contributed by atoms with van der Waals surface area (Å²) in [5, 5.41) is 4.62. The first-order valence-electron chi connectivity index (χ1n) is 11.7. The minimum atomic E-state index is -3.12. The van der Waals surface area contributed by atoms with Crippen molar-refractivity contribution in [1.82, 2.24) is 19.6 Å². The number of amides is 2. The van der Waals surface area contributed by atoms with Gasteiger partial charge in [0.25, 0.3) is 11.8 Å². The molecule has 2 aliphatic rings. The highest BCUT2D eigenvalue weighted by atomic mass is 32.2. The highest BCUT2D eigenvalue weighted by Crippen LogP contribution is 2.31. The molecule has 2 saturated heterocycles. The first-order valence-corrected chi connectivity index (χ1v) is 13.5. The molecule has 1 aromatic carbocycles. The fraction of sp³-hybridized carbons (Fsp3) is 0.400. The molecule has 2 aliphatic heterocycles. The lowest BCUT2D eigenvalue weighted by atomic mass is 10.0. The predicted octanol–water partition coefficient (Wildman–Crippen LogP) is 2.72. The van der Waals surface area contributed by atoms with Gasteiger partial charge in [0.15, 0.2) is 21.3 Å². The minimum absolute atomic E-state index is 0.0215. The van der Waals surface area contributed by atoms with Crippen molar-refractivity contribution in [3.63, 3.8) is 0 Å². The van der Waals surface area contributed by atoms with Gasteiger partial charge in [0.1, 0.15) is 0 Å². The topological polar surface area (TPSA) is 106 Å². The van der Waals surface area contributed by atoms with Gasteiger partial charge < -0.3 is 14.2 Å². The van der Waals surface area contributed by atoms with E-state index in [2.05, 4.69) is 5.10 Å². The lowest BCUT2D eigenvalue weighted by molar-refractivity contribution is 0.0514. The number of hydrogen-bond acceptors (Lipinski definition) is 6. The number of benzene rings is 1. The van der Waals surface area contributed by atoms with E-state index in [0.29, 0.717) is 32.6 Å². The number of hydrogen-bond donors (Lipinski definition) is 0. The van der Waals surface area contributed by atoms with Crippen LogP contribution in [0.5, 0.6) is 0 Å². The van der Waals surface area contributed by atoms with Crippen LogP contribution in [0.2, 0.25) is 0 Å². The summed E-state index contributed by atoms with van der Waals surface area (Å²) in [4.78, 5) is 29.3. The number of aromatic nitrogens is 2. The molecule has 0 aliphatic carbocycles. The summed E-state index contributed by atoms with van der Waals surface area (Å²) in [5.41, 5.74) is 4.19. The Labute approximate surface area is 204 Å². The van der Waals surface area contributed by atoms with E-state index in [1.165, 1.54) is 6.26 Å². The third-order valence-electron chi connectivity index (χ3n) is 6.90. The van der Waals surface area contributed by atoms with Gasteiger partial charge in [-0.1, -0.05) is 12.1 Å². The van der Waals surface area contributed by atoms with Crippen LogP contribution in [0.25, 0.3) is 11.3 Å². The second-order valence-electron chi connectivity index (χ2n) is 9.28. The van der Waals surface area contributed by atoms with E-state index < -0.39 is 9.84 Å². The van der Waals surface area contributed by atoms with Crippen LogP contribution in [0.15, 0.2) is 47.1 Å². The van der Waals surface area contributed by atoms with Gasteiger partial charge in [0.05, 0.1) is 29.5 Å². The van der Waals surface area contributed by atoms with Crippen molar-refractivity contribution in [1.29, 1.82) is 0 Å². The largest absolute Gasteiger partial charge is 0.459 e. The lowest BCUT2D eigenvalue weighted by Crippen LogP contribution is -2.50. The summed E-state index contributed by atoms with van der Waals surface area (Å²) >= 11 is 0. The molecule has 0 bridgehead atoms. The Morgan fingerprint density at radius 3 is 2.29 bits per heavy atom. The predicted molar refractivity (Wildman–Crippen MR) is 130 cm³/mol. The van der Waals surface area contributed by atoms with Crippen LogP contribution in [-0.4, -0.2) is 77.5 Å². The van der Waals surface area contributed by atoms with Crippen LogP contribution in [0.4, 0.5) is 0 Å². The van der Waals surface area contributed by atoms with Crippen molar-refractivity contribution in [2.45, 2.75) is 26.3 Å². The molecule has 3 aromatic rings. The van der Waals surface area contributed by atoms with Crippen LogP contribution >= 0.6 is 0 Å². The van der Waals surface area contributed by atoms with E-state index in [1.807, 2.05) is 32.0 Å². The molecule has 5 rings (SSSR count). The zero-order valence-electron chi connectivity index (χ0n) is 19.8. The fourth-order valence-electron chi connectivity index (χ4n) is 4.69. The first-order chi connectivity index (χ1) is 16.7. The van der Waals surface area contributed by atoms with Gasteiger partial charge in [-0.2, -0.15) is 5.10 Å². The maximum Gasteiger partial charge on any atom is 0.289 e. The molecule has 4 heterocycles. The first kappa shape index (κ1) is 23.3. The summed E-state index contributed by atoms with van der Waals surface area (Å²) < 4.78 is 31.3. The van der Waals surface area contributed by atoms with Crippen molar-refractivity contribution in [2.75, 3.05) is 37.7 Å². The van der Waals surface area contributed by atoms with Crippen molar-refractivity contribution in [2.24, 2.45) is 0 Å². The van der Waals surface area contributed by atoms with Crippen molar-refractivity contribution < 1.29 is 22.4 Å². The van der Waals surface area contributed by atoms with Gasteiger partial charge in [-0.15, -0.1) is 0 Å². The van der Waals surface area contributed by atoms with E-state index >= 15 is 0 Å². The molecule has 1 unspecified atom stereocenters. The molecule has 10 heteroatoms. The Balaban J connectivity index is 1.39. The van der Waals surface area contributed by atoms with E-state index in [1.54, 1.807) is 32.7 Å². The second-order valence-corrected chi connectivity index (χ2v) is 11.5. The standard InChI is InChI=1S/C25H28N4O5S/c1-17-5-6-19(14-18(17)2)22-15-21(26-29(22)20-7-13-35(32,33)16-20)24(30)27-8-10-28(11-9-27)25(31)23-4-3-12-34-23/h3-6,12,14-15,20H,7-11,13,16H2,1-2H3. The monoisotopic (exact) mass is 496 g/mol. The van der Waals surface area contributed by atoms with Crippen molar-refractivity contribution >= 4 is 21.7 Å². The molecule has 9 nitrogen and oxygen atoms in total. The lowest BCUT2D eigenvalue weighted by Gasteiger charge is -2.33. The molecule has 2 fully saturated rings. The van der Waals surface area contributed by atoms with Crippen LogP contribution in [0, 0.1) is 13.8 Å². The maximum absolute atomic E-state index is 13.4. The molecular formula is C25H28N4O5S. The number of aryl methyl sites for hydroxylation is 2. The van der Waals surface area contributed by atoms with Gasteiger partial charge in [0.2, 0.25) is 0 Å². The van der Waals surface area contributed by atoms with Gasteiger partial charge in [0, 0.05) is 31.7 Å². The molecule has 184 valence electrons. The average Bonchev–Trinajstić information content (AvgIpc) is 3.60. The highest BCUT2D eigenvalue weighted by molar-refractivity contribution is 7.91. The Kier molecular flexibility index (Phi) is 6.00. The van der Waals surface area contributed by atoms with E-state index in [9.17, 15) is 18.0 Å². The summed E-state index contributed by atoms with van der Waals surface area (Å²) in [5.74, 6) is 0.0192. The van der Waals surface area contributed by atoms with Gasteiger partial charge in [-0.05, 0) is 55.7 Å². The molecule has 0 radical (unpaired) electrons. The van der Waals surface area contributed by atoms with Gasteiger partial charge in [-0.25, -0.2) is 8.42 Å². The third kappa shape index (κ3) is 4.62. The second kappa shape index (κ2) is 8.99. The Bertz CT molecular complexity index is 1370. The summed E-state index contributed by atoms with van der Waals surface area (Å²) in [6.07, 6.45) is 1.94. The Morgan fingerprint density at radius 2 is 1.69 bits per heavy atom. The average molecular weight is 497 g/mol. The summed E-state index contributed by atoms with van der Waals surface area (Å²) in [6.45, 7) is 5.62. The Hall–Kier alpha value is -3.40. The summed E-state index contributed by atoms with van der Waals surface area (Å²) in [6, 6.07) is 10.8. The molecule has 0 N–H and O–H groups in total.